The number of rotatable bonds is 4. The third-order valence-electron chi connectivity index (χ3n) is 7.93. The van der Waals surface area contributed by atoms with Crippen LogP contribution in [0.2, 0.25) is 0 Å². The van der Waals surface area contributed by atoms with Crippen LogP contribution in [0, 0.1) is 22.7 Å². The van der Waals surface area contributed by atoms with Gasteiger partial charge in [-0.25, -0.2) is 4.39 Å². The summed E-state index contributed by atoms with van der Waals surface area (Å²) < 4.78 is 44.0. The van der Waals surface area contributed by atoms with E-state index in [2.05, 4.69) is 4.18 Å². The zero-order valence-electron chi connectivity index (χ0n) is 17.4. The van der Waals surface area contributed by atoms with Gasteiger partial charge in [-0.15, -0.1) is 0 Å². The minimum absolute atomic E-state index is 0.0474. The summed E-state index contributed by atoms with van der Waals surface area (Å²) in [5.74, 6) is -1.31. The van der Waals surface area contributed by atoms with E-state index in [4.69, 9.17) is 0 Å². The van der Waals surface area contributed by atoms with Crippen molar-refractivity contribution in [1.29, 1.82) is 0 Å². The second-order valence-corrected chi connectivity index (χ2v) is 11.2. The Kier molecular flexibility index (Phi) is 4.80. The van der Waals surface area contributed by atoms with E-state index in [1.807, 2.05) is 6.92 Å². The molecule has 1 unspecified atom stereocenters. The maximum Gasteiger partial charge on any atom is 0.264 e. The molecule has 2 fully saturated rings. The van der Waals surface area contributed by atoms with Crippen LogP contribution in [-0.4, -0.2) is 49.7 Å². The third-order valence-corrected chi connectivity index (χ3v) is 8.47. The van der Waals surface area contributed by atoms with Crippen molar-refractivity contribution in [2.75, 3.05) is 12.9 Å². The molecule has 0 heterocycles. The van der Waals surface area contributed by atoms with Crippen molar-refractivity contribution in [2.24, 2.45) is 22.7 Å². The van der Waals surface area contributed by atoms with E-state index in [1.165, 1.54) is 12.2 Å². The molecule has 8 heteroatoms. The molecule has 0 aromatic heterocycles. The number of fused-ring (bicyclic) bond motifs is 5. The Morgan fingerprint density at radius 2 is 2.03 bits per heavy atom. The number of ketones is 2. The third kappa shape index (κ3) is 2.91. The fraction of sp³-hybridized carbons (Fsp3) is 0.636. The van der Waals surface area contributed by atoms with Crippen LogP contribution in [0.3, 0.4) is 0 Å². The monoisotopic (exact) mass is 438 g/mol. The predicted octanol–water partition coefficient (Wildman–Crippen LogP) is 2.44. The minimum atomic E-state index is -3.76. The zero-order valence-corrected chi connectivity index (χ0v) is 18.2. The van der Waals surface area contributed by atoms with Crippen molar-refractivity contribution in [3.8, 4) is 0 Å². The van der Waals surface area contributed by atoms with E-state index in [0.29, 0.717) is 30.4 Å². The van der Waals surface area contributed by atoms with Gasteiger partial charge in [-0.2, -0.15) is 8.42 Å². The van der Waals surface area contributed by atoms with Gasteiger partial charge in [0, 0.05) is 16.7 Å². The number of carbonyl (C=O) groups is 2. The highest BCUT2D eigenvalue weighted by molar-refractivity contribution is 7.86. The summed E-state index contributed by atoms with van der Waals surface area (Å²) in [6.07, 6.45) is 7.33. The van der Waals surface area contributed by atoms with Gasteiger partial charge in [-0.3, -0.25) is 13.8 Å². The van der Waals surface area contributed by atoms with Gasteiger partial charge in [-0.1, -0.05) is 24.6 Å². The molecular formula is C22H27FO6S. The quantitative estimate of drug-likeness (QED) is 0.677. The van der Waals surface area contributed by atoms with E-state index < -0.39 is 51.0 Å². The number of Topliss-reactive ketones (excluding diaryl/α,β-unsaturated/α-hetero) is 1. The number of halogens is 1. The summed E-state index contributed by atoms with van der Waals surface area (Å²) in [6, 6.07) is 0. The Morgan fingerprint density at radius 1 is 1.33 bits per heavy atom. The van der Waals surface area contributed by atoms with Crippen molar-refractivity contribution in [2.45, 2.75) is 51.3 Å². The lowest BCUT2D eigenvalue weighted by atomic mass is 9.45. The Labute approximate surface area is 176 Å². The number of hydrogen-bond acceptors (Lipinski definition) is 6. The summed E-state index contributed by atoms with van der Waals surface area (Å²) in [5, 5.41) is 11.1. The molecule has 1 N–H and O–H groups in total. The first-order chi connectivity index (χ1) is 13.8. The molecule has 0 amide bonds. The molecule has 0 aromatic carbocycles. The molecule has 0 radical (unpaired) electrons. The largest absolute Gasteiger partial charge is 0.390 e. The molecule has 6 atom stereocenters. The fourth-order valence-electron chi connectivity index (χ4n) is 6.45. The van der Waals surface area contributed by atoms with Crippen molar-refractivity contribution in [1.82, 2.24) is 0 Å². The number of aliphatic hydroxyl groups excluding tert-OH is 1. The molecule has 2 saturated carbocycles. The first-order valence-electron chi connectivity index (χ1n) is 10.2. The molecule has 0 aromatic rings. The van der Waals surface area contributed by atoms with Gasteiger partial charge in [0.2, 0.25) is 0 Å². The van der Waals surface area contributed by atoms with Crippen LogP contribution in [0.1, 0.15) is 39.5 Å². The lowest BCUT2D eigenvalue weighted by Gasteiger charge is -2.61. The molecule has 0 spiro atoms. The average Bonchev–Trinajstić information content (AvgIpc) is 2.98. The van der Waals surface area contributed by atoms with Crippen LogP contribution in [0.15, 0.2) is 35.5 Å². The molecule has 4 rings (SSSR count). The summed E-state index contributed by atoms with van der Waals surface area (Å²) >= 11 is 0. The first-order valence-corrected chi connectivity index (χ1v) is 12.0. The lowest BCUT2D eigenvalue weighted by Crippen LogP contribution is -2.66. The van der Waals surface area contributed by atoms with Crippen LogP contribution in [0.5, 0.6) is 0 Å². The topological polar surface area (TPSA) is 97.7 Å². The van der Waals surface area contributed by atoms with Crippen LogP contribution >= 0.6 is 0 Å². The molecule has 0 aliphatic heterocycles. The Balaban J connectivity index is 1.67. The molecule has 164 valence electrons. The van der Waals surface area contributed by atoms with Crippen molar-refractivity contribution in [3.63, 3.8) is 0 Å². The zero-order chi connectivity index (χ0) is 22.1. The normalized spacial score (nSPS) is 42.7. The average molecular weight is 439 g/mol. The molecule has 6 nitrogen and oxygen atoms in total. The van der Waals surface area contributed by atoms with Gasteiger partial charge in [0.05, 0.1) is 12.4 Å². The number of alkyl halides is 1. The molecule has 4 aliphatic rings. The molecule has 30 heavy (non-hydrogen) atoms. The van der Waals surface area contributed by atoms with Crippen LogP contribution in [0.25, 0.3) is 0 Å². The maximum absolute atomic E-state index is 16.8. The number of hydrogen-bond donors (Lipinski definition) is 1. The predicted molar refractivity (Wildman–Crippen MR) is 108 cm³/mol. The Morgan fingerprint density at radius 3 is 2.70 bits per heavy atom. The van der Waals surface area contributed by atoms with Crippen molar-refractivity contribution in [3.05, 3.63) is 35.5 Å². The standard InChI is InChI=1S/C22H27FO6S/c1-20-11-19(26)22(23)16(5-4-13-10-14(24)8-9-21(13,22)2)15(20)6-7-17(20)18(25)12-29-30(3,27)28/h7-10,15-16,19,26H,4-6,11-12H2,1-3H3/t15-,16-,19?,20-,21-,22-/m0/s1. The van der Waals surface area contributed by atoms with E-state index in [9.17, 15) is 23.1 Å². The molecular weight excluding hydrogens is 411 g/mol. The highest BCUT2D eigenvalue weighted by Gasteiger charge is 2.69. The number of aliphatic hydroxyl groups is 1. The van der Waals surface area contributed by atoms with E-state index in [1.54, 1.807) is 19.1 Å². The van der Waals surface area contributed by atoms with Gasteiger partial charge in [0.15, 0.2) is 17.2 Å². The smallest absolute Gasteiger partial charge is 0.264 e. The van der Waals surface area contributed by atoms with Crippen molar-refractivity contribution >= 4 is 21.7 Å². The summed E-state index contributed by atoms with van der Waals surface area (Å²) in [6.45, 7) is 3.00. The van der Waals surface area contributed by atoms with Crippen molar-refractivity contribution < 1.29 is 31.7 Å². The number of allylic oxidation sites excluding steroid dienone is 5. The highest BCUT2D eigenvalue weighted by Crippen LogP contribution is 2.67. The van der Waals surface area contributed by atoms with Gasteiger partial charge in [-0.05, 0) is 56.3 Å². The minimum Gasteiger partial charge on any atom is -0.390 e. The molecule has 0 bridgehead atoms. The van der Waals surface area contributed by atoms with E-state index in [-0.39, 0.29) is 18.1 Å². The lowest BCUT2D eigenvalue weighted by molar-refractivity contribution is -0.185. The molecule has 0 saturated heterocycles. The van der Waals surface area contributed by atoms with Crippen LogP contribution in [-0.2, 0) is 23.9 Å². The fourth-order valence-corrected chi connectivity index (χ4v) is 6.77. The molecule has 4 aliphatic carbocycles. The SMILES string of the molecule is C[C@]12C=CC(=O)C=C1CC[C@H]1[C@@H]3CC=C(C(=O)COS(C)(=O)=O)[C@@]3(C)CC(O)[C@@]12F. The van der Waals surface area contributed by atoms with Gasteiger partial charge in [0.25, 0.3) is 10.1 Å². The maximum atomic E-state index is 16.8. The second kappa shape index (κ2) is 6.68. The van der Waals surface area contributed by atoms with E-state index >= 15 is 4.39 Å². The first kappa shape index (κ1) is 21.6. The Bertz CT molecular complexity index is 1010. The second-order valence-electron chi connectivity index (χ2n) is 9.51. The van der Waals surface area contributed by atoms with Gasteiger partial charge in [0.1, 0.15) is 6.61 Å². The van der Waals surface area contributed by atoms with Gasteiger partial charge >= 0.3 is 0 Å². The number of carbonyl (C=O) groups excluding carboxylic acids is 2. The van der Waals surface area contributed by atoms with E-state index in [0.717, 1.165) is 6.26 Å². The van der Waals surface area contributed by atoms with Crippen LogP contribution < -0.4 is 0 Å². The van der Waals surface area contributed by atoms with Crippen LogP contribution in [0.4, 0.5) is 4.39 Å². The summed E-state index contributed by atoms with van der Waals surface area (Å²) in [7, 11) is -3.76. The van der Waals surface area contributed by atoms with Gasteiger partial charge < -0.3 is 5.11 Å². The summed E-state index contributed by atoms with van der Waals surface area (Å²) in [5.41, 5.74) is -2.66. The highest BCUT2D eigenvalue weighted by atomic mass is 32.2. The summed E-state index contributed by atoms with van der Waals surface area (Å²) in [4.78, 5) is 24.6. The Hall–Kier alpha value is -1.64.